The Hall–Kier alpha value is -0.200. The van der Waals surface area contributed by atoms with Gasteiger partial charge in [-0.25, -0.2) is 0 Å². The van der Waals surface area contributed by atoms with Crippen molar-refractivity contribution in [1.82, 2.24) is 5.32 Å². The molecule has 1 atom stereocenters. The molecule has 0 aromatic rings. The molecule has 0 aliphatic heterocycles. The van der Waals surface area contributed by atoms with Crippen molar-refractivity contribution in [3.63, 3.8) is 0 Å². The van der Waals surface area contributed by atoms with Crippen LogP contribution >= 0.6 is 0 Å². The summed E-state index contributed by atoms with van der Waals surface area (Å²) in [6.07, 6.45) is 10.9. The average Bonchev–Trinajstić information content (AvgIpc) is 2.58. The van der Waals surface area contributed by atoms with E-state index in [1.165, 1.54) is 38.5 Å². The second-order valence-electron chi connectivity index (χ2n) is 6.15. The number of ether oxygens (including phenoxy) is 3. The van der Waals surface area contributed by atoms with E-state index in [-0.39, 0.29) is 5.92 Å². The van der Waals surface area contributed by atoms with Crippen molar-refractivity contribution in [1.29, 1.82) is 0 Å². The minimum Gasteiger partial charge on any atom is -0.331 e. The Labute approximate surface area is 143 Å². The molecule has 3 N–H and O–H groups in total. The van der Waals surface area contributed by atoms with E-state index in [0.717, 1.165) is 32.4 Å². The van der Waals surface area contributed by atoms with Crippen molar-refractivity contribution in [2.24, 2.45) is 11.7 Å². The monoisotopic (exact) mass is 332 g/mol. The Balaban J connectivity index is 4.31. The maximum absolute atomic E-state index is 5.59. The van der Waals surface area contributed by atoms with Gasteiger partial charge in [-0.05, 0) is 25.8 Å². The second kappa shape index (κ2) is 15.3. The van der Waals surface area contributed by atoms with Gasteiger partial charge in [-0.2, -0.15) is 0 Å². The van der Waals surface area contributed by atoms with Gasteiger partial charge >= 0.3 is 0 Å². The van der Waals surface area contributed by atoms with Crippen LogP contribution < -0.4 is 11.1 Å². The summed E-state index contributed by atoms with van der Waals surface area (Å²) in [7, 11) is 4.98. The highest BCUT2D eigenvalue weighted by atomic mass is 16.9. The Morgan fingerprint density at radius 3 is 1.96 bits per heavy atom. The number of hydrogen-bond acceptors (Lipinski definition) is 5. The number of nitrogens with two attached hydrogens (primary N) is 1. The Morgan fingerprint density at radius 1 is 0.826 bits per heavy atom. The van der Waals surface area contributed by atoms with Crippen LogP contribution in [0.4, 0.5) is 0 Å². The molecule has 0 amide bonds. The number of rotatable bonds is 17. The number of unbranched alkanes of at least 4 members (excludes halogenated alkanes) is 5. The molecule has 5 heteroatoms. The van der Waals surface area contributed by atoms with E-state index in [1.54, 1.807) is 21.3 Å². The number of nitrogens with one attached hydrogen (secondary N) is 1. The van der Waals surface area contributed by atoms with E-state index in [1.807, 2.05) is 0 Å². The molecule has 0 spiro atoms. The van der Waals surface area contributed by atoms with E-state index in [2.05, 4.69) is 12.2 Å². The maximum atomic E-state index is 5.59. The van der Waals surface area contributed by atoms with Gasteiger partial charge in [0.2, 0.25) is 0 Å². The van der Waals surface area contributed by atoms with Crippen molar-refractivity contribution in [2.45, 2.75) is 70.7 Å². The summed E-state index contributed by atoms with van der Waals surface area (Å²) in [6.45, 7) is 4.77. The number of methoxy groups -OCH3 is 3. The molecule has 0 saturated heterocycles. The smallest absolute Gasteiger partial charge is 0.285 e. The fourth-order valence-electron chi connectivity index (χ4n) is 3.12. The van der Waals surface area contributed by atoms with Crippen LogP contribution in [0.3, 0.4) is 0 Å². The van der Waals surface area contributed by atoms with Gasteiger partial charge in [-0.15, -0.1) is 0 Å². The normalized spacial score (nSPS) is 13.4. The standard InChI is InChI=1S/C18H40N2O3/c1-5-6-7-8-9-10-12-17(13-11-15-20-16-14-19)18(21-2,22-3)23-4/h17,20H,5-16,19H2,1-4H3. The van der Waals surface area contributed by atoms with Crippen molar-refractivity contribution in [3.05, 3.63) is 0 Å². The minimum absolute atomic E-state index is 0.244. The topological polar surface area (TPSA) is 65.7 Å². The lowest BCUT2D eigenvalue weighted by molar-refractivity contribution is -0.380. The van der Waals surface area contributed by atoms with Gasteiger partial charge in [0.1, 0.15) is 0 Å². The summed E-state index contributed by atoms with van der Waals surface area (Å²) in [6, 6.07) is 0. The molecule has 140 valence electrons. The molecular weight excluding hydrogens is 292 g/mol. The summed E-state index contributed by atoms with van der Waals surface area (Å²) < 4.78 is 16.8. The predicted octanol–water partition coefficient (Wildman–Crippen LogP) is 3.27. The number of hydrogen-bond donors (Lipinski definition) is 2. The van der Waals surface area contributed by atoms with E-state index >= 15 is 0 Å². The van der Waals surface area contributed by atoms with Gasteiger partial charge < -0.3 is 25.3 Å². The zero-order valence-corrected chi connectivity index (χ0v) is 15.9. The molecule has 0 aromatic carbocycles. The SMILES string of the molecule is CCCCCCCCC(CCCNCCN)C(OC)(OC)OC. The Bertz CT molecular complexity index is 240. The molecule has 0 bridgehead atoms. The van der Waals surface area contributed by atoms with Crippen molar-refractivity contribution in [2.75, 3.05) is 41.0 Å². The average molecular weight is 333 g/mol. The van der Waals surface area contributed by atoms with E-state index < -0.39 is 5.97 Å². The van der Waals surface area contributed by atoms with Crippen LogP contribution in [-0.2, 0) is 14.2 Å². The Morgan fingerprint density at radius 2 is 1.39 bits per heavy atom. The third-order valence-electron chi connectivity index (χ3n) is 4.49. The molecule has 5 nitrogen and oxygen atoms in total. The molecule has 0 fully saturated rings. The summed E-state index contributed by atoms with van der Waals surface area (Å²) in [4.78, 5) is 0. The zero-order chi connectivity index (χ0) is 17.4. The fourth-order valence-corrected chi connectivity index (χ4v) is 3.12. The van der Waals surface area contributed by atoms with Crippen molar-refractivity contribution >= 4 is 0 Å². The lowest BCUT2D eigenvalue weighted by Gasteiger charge is -2.36. The summed E-state index contributed by atoms with van der Waals surface area (Å²) in [5.41, 5.74) is 5.50. The van der Waals surface area contributed by atoms with Gasteiger partial charge in [-0.3, -0.25) is 0 Å². The molecule has 0 aliphatic carbocycles. The van der Waals surface area contributed by atoms with E-state index in [9.17, 15) is 0 Å². The van der Waals surface area contributed by atoms with Crippen LogP contribution in [0.2, 0.25) is 0 Å². The first kappa shape index (κ1) is 22.8. The zero-order valence-electron chi connectivity index (χ0n) is 15.9. The van der Waals surface area contributed by atoms with Crippen molar-refractivity contribution < 1.29 is 14.2 Å². The quantitative estimate of drug-likeness (QED) is 0.316. The molecular formula is C18H40N2O3. The van der Waals surface area contributed by atoms with Crippen LogP contribution in [0.1, 0.15) is 64.7 Å². The van der Waals surface area contributed by atoms with Crippen LogP contribution in [0.5, 0.6) is 0 Å². The fraction of sp³-hybridized carbons (Fsp3) is 1.00. The molecule has 1 unspecified atom stereocenters. The summed E-state index contributed by atoms with van der Waals surface area (Å²) in [5, 5.41) is 3.34. The minimum atomic E-state index is -0.919. The second-order valence-corrected chi connectivity index (χ2v) is 6.15. The predicted molar refractivity (Wildman–Crippen MR) is 96.4 cm³/mol. The van der Waals surface area contributed by atoms with Gasteiger partial charge in [0.15, 0.2) is 0 Å². The molecule has 0 saturated carbocycles. The van der Waals surface area contributed by atoms with Crippen LogP contribution in [0.15, 0.2) is 0 Å². The lowest BCUT2D eigenvalue weighted by Crippen LogP contribution is -2.44. The van der Waals surface area contributed by atoms with Gasteiger partial charge in [0, 0.05) is 40.3 Å². The Kier molecular flexibility index (Phi) is 15.2. The van der Waals surface area contributed by atoms with E-state index in [0.29, 0.717) is 6.54 Å². The largest absolute Gasteiger partial charge is 0.331 e. The summed E-state index contributed by atoms with van der Waals surface area (Å²) >= 11 is 0. The highest BCUT2D eigenvalue weighted by Crippen LogP contribution is 2.32. The molecule has 0 rings (SSSR count). The third-order valence-corrected chi connectivity index (χ3v) is 4.49. The molecule has 23 heavy (non-hydrogen) atoms. The molecule has 0 aromatic heterocycles. The molecule has 0 aliphatic rings. The van der Waals surface area contributed by atoms with Gasteiger partial charge in [0.05, 0.1) is 0 Å². The first-order chi connectivity index (χ1) is 11.2. The van der Waals surface area contributed by atoms with Crippen LogP contribution in [0, 0.1) is 5.92 Å². The van der Waals surface area contributed by atoms with Crippen LogP contribution in [-0.4, -0.2) is 46.9 Å². The van der Waals surface area contributed by atoms with E-state index in [4.69, 9.17) is 19.9 Å². The van der Waals surface area contributed by atoms with Crippen LogP contribution in [0.25, 0.3) is 0 Å². The van der Waals surface area contributed by atoms with Crippen molar-refractivity contribution in [3.8, 4) is 0 Å². The first-order valence-electron chi connectivity index (χ1n) is 9.26. The lowest BCUT2D eigenvalue weighted by atomic mass is 9.93. The highest BCUT2D eigenvalue weighted by molar-refractivity contribution is 4.72. The third kappa shape index (κ3) is 9.62. The molecule has 0 heterocycles. The highest BCUT2D eigenvalue weighted by Gasteiger charge is 2.39. The van der Waals surface area contributed by atoms with Gasteiger partial charge in [0.25, 0.3) is 5.97 Å². The first-order valence-corrected chi connectivity index (χ1v) is 9.26. The van der Waals surface area contributed by atoms with Gasteiger partial charge in [-0.1, -0.05) is 45.4 Å². The maximum Gasteiger partial charge on any atom is 0.285 e. The summed E-state index contributed by atoms with van der Waals surface area (Å²) in [5.74, 6) is -0.676. The molecule has 0 radical (unpaired) electrons.